The van der Waals surface area contributed by atoms with Gasteiger partial charge < -0.3 is 15.5 Å². The molecule has 0 aliphatic carbocycles. The zero-order valence-electron chi connectivity index (χ0n) is 17.6. The number of fused-ring (bicyclic) bond motifs is 1. The maximum atomic E-state index is 13.8. The molecule has 1 aliphatic heterocycles. The lowest BCUT2D eigenvalue weighted by molar-refractivity contribution is 0.263. The highest BCUT2D eigenvalue weighted by Gasteiger charge is 2.17. The summed E-state index contributed by atoms with van der Waals surface area (Å²) < 4.78 is 28.7. The van der Waals surface area contributed by atoms with Crippen molar-refractivity contribution in [2.24, 2.45) is 0 Å². The summed E-state index contributed by atoms with van der Waals surface area (Å²) in [6.07, 6.45) is 4.93. The molecule has 3 aromatic heterocycles. The molecule has 1 saturated heterocycles. The summed E-state index contributed by atoms with van der Waals surface area (Å²) in [5.74, 6) is -0.666. The largest absolute Gasteiger partial charge is 0.366 e. The standard InChI is InChI=1S/C23H23F2N7/c1-31-10-8-18(9-11-31)28-21-6-7-22-26-14-20(32(22)30-21)15-2-4-17(5-3-15)29-23-19(25)12-16(24)13-27-23/h2-7,12-14,18H,8-11H2,1H3,(H,27,29)(H,28,30). The molecule has 0 saturated carbocycles. The van der Waals surface area contributed by atoms with E-state index in [4.69, 9.17) is 5.10 Å². The third-order valence-corrected chi connectivity index (χ3v) is 5.68. The Morgan fingerprint density at radius 1 is 0.969 bits per heavy atom. The second kappa shape index (κ2) is 8.51. The number of nitrogens with zero attached hydrogens (tertiary/aromatic N) is 5. The second-order valence-electron chi connectivity index (χ2n) is 8.04. The molecule has 5 rings (SSSR count). The highest BCUT2D eigenvalue weighted by Crippen LogP contribution is 2.25. The van der Waals surface area contributed by atoms with Crippen molar-refractivity contribution in [2.45, 2.75) is 18.9 Å². The molecule has 1 fully saturated rings. The zero-order chi connectivity index (χ0) is 22.1. The van der Waals surface area contributed by atoms with Crippen LogP contribution in [0.3, 0.4) is 0 Å². The second-order valence-corrected chi connectivity index (χ2v) is 8.04. The molecule has 0 atom stereocenters. The van der Waals surface area contributed by atoms with Gasteiger partial charge in [-0.2, -0.15) is 0 Å². The van der Waals surface area contributed by atoms with Gasteiger partial charge in [-0.3, -0.25) is 0 Å². The Morgan fingerprint density at radius 3 is 2.50 bits per heavy atom. The van der Waals surface area contributed by atoms with Gasteiger partial charge in [0.15, 0.2) is 17.3 Å². The number of rotatable bonds is 5. The average Bonchev–Trinajstić information content (AvgIpc) is 3.21. The monoisotopic (exact) mass is 435 g/mol. The minimum atomic E-state index is -0.746. The molecular weight excluding hydrogens is 412 g/mol. The number of pyridine rings is 1. The summed E-state index contributed by atoms with van der Waals surface area (Å²) in [6.45, 7) is 2.15. The number of imidazole rings is 1. The average molecular weight is 435 g/mol. The van der Waals surface area contributed by atoms with Crippen molar-refractivity contribution >= 4 is 23.0 Å². The van der Waals surface area contributed by atoms with E-state index >= 15 is 0 Å². The Bertz CT molecular complexity index is 1230. The third-order valence-electron chi connectivity index (χ3n) is 5.68. The van der Waals surface area contributed by atoms with E-state index in [1.54, 1.807) is 18.3 Å². The SMILES string of the molecule is CN1CCC(Nc2ccc3ncc(-c4ccc(Nc5ncc(F)cc5F)cc4)n3n2)CC1. The fourth-order valence-corrected chi connectivity index (χ4v) is 3.88. The molecule has 1 aromatic carbocycles. The third kappa shape index (κ3) is 4.24. The Kier molecular flexibility index (Phi) is 5.40. The molecule has 0 unspecified atom stereocenters. The minimum absolute atomic E-state index is 0.0276. The molecule has 7 nitrogen and oxygen atoms in total. The van der Waals surface area contributed by atoms with Gasteiger partial charge in [-0.1, -0.05) is 12.1 Å². The van der Waals surface area contributed by atoms with Crippen LogP contribution < -0.4 is 10.6 Å². The Labute approximate surface area is 184 Å². The summed E-state index contributed by atoms with van der Waals surface area (Å²) in [4.78, 5) is 10.5. The molecule has 0 spiro atoms. The molecule has 164 valence electrons. The maximum Gasteiger partial charge on any atom is 0.168 e. The van der Waals surface area contributed by atoms with E-state index in [1.807, 2.05) is 28.8 Å². The van der Waals surface area contributed by atoms with Crippen LogP contribution in [0.15, 0.2) is 54.9 Å². The van der Waals surface area contributed by atoms with Crippen LogP contribution in [-0.4, -0.2) is 50.7 Å². The smallest absolute Gasteiger partial charge is 0.168 e. The molecule has 9 heteroatoms. The van der Waals surface area contributed by atoms with Crippen molar-refractivity contribution in [3.05, 3.63) is 66.5 Å². The topological polar surface area (TPSA) is 70.4 Å². The van der Waals surface area contributed by atoms with Crippen molar-refractivity contribution in [2.75, 3.05) is 30.8 Å². The van der Waals surface area contributed by atoms with Gasteiger partial charge in [0.05, 0.1) is 18.1 Å². The summed E-state index contributed by atoms with van der Waals surface area (Å²) in [5.41, 5.74) is 3.16. The molecule has 32 heavy (non-hydrogen) atoms. The molecule has 1 aliphatic rings. The fraction of sp³-hybridized carbons (Fsp3) is 0.261. The number of benzene rings is 1. The van der Waals surface area contributed by atoms with Crippen LogP contribution in [0, 0.1) is 11.6 Å². The van der Waals surface area contributed by atoms with Gasteiger partial charge in [0.25, 0.3) is 0 Å². The van der Waals surface area contributed by atoms with Gasteiger partial charge >= 0.3 is 0 Å². The van der Waals surface area contributed by atoms with E-state index in [-0.39, 0.29) is 5.82 Å². The first-order valence-electron chi connectivity index (χ1n) is 10.5. The van der Waals surface area contributed by atoms with Crippen LogP contribution in [-0.2, 0) is 0 Å². The predicted molar refractivity (Wildman–Crippen MR) is 120 cm³/mol. The van der Waals surface area contributed by atoms with Gasteiger partial charge in [0.2, 0.25) is 0 Å². The van der Waals surface area contributed by atoms with Crippen molar-refractivity contribution in [1.29, 1.82) is 0 Å². The zero-order valence-corrected chi connectivity index (χ0v) is 17.6. The number of halogens is 2. The first-order chi connectivity index (χ1) is 15.5. The van der Waals surface area contributed by atoms with Crippen LogP contribution >= 0.6 is 0 Å². The number of hydrogen-bond donors (Lipinski definition) is 2. The summed E-state index contributed by atoms with van der Waals surface area (Å²) in [5, 5.41) is 11.2. The molecule has 2 N–H and O–H groups in total. The first kappa shape index (κ1) is 20.3. The van der Waals surface area contributed by atoms with E-state index in [9.17, 15) is 8.78 Å². The van der Waals surface area contributed by atoms with E-state index < -0.39 is 11.6 Å². The summed E-state index contributed by atoms with van der Waals surface area (Å²) in [6, 6.07) is 12.5. The number of aromatic nitrogens is 4. The number of nitrogens with one attached hydrogen (secondary N) is 2. The van der Waals surface area contributed by atoms with Crippen LogP contribution in [0.2, 0.25) is 0 Å². The van der Waals surface area contributed by atoms with Crippen molar-refractivity contribution in [3.63, 3.8) is 0 Å². The molecular formula is C23H23F2N7. The highest BCUT2D eigenvalue weighted by atomic mass is 19.1. The van der Waals surface area contributed by atoms with Crippen LogP contribution in [0.4, 0.5) is 26.1 Å². The molecule has 4 heterocycles. The van der Waals surface area contributed by atoms with Crippen molar-refractivity contribution in [1.82, 2.24) is 24.5 Å². The van der Waals surface area contributed by atoms with Crippen molar-refractivity contribution in [3.8, 4) is 11.3 Å². The maximum absolute atomic E-state index is 13.8. The van der Waals surface area contributed by atoms with Crippen molar-refractivity contribution < 1.29 is 8.78 Å². The van der Waals surface area contributed by atoms with E-state index in [0.717, 1.165) is 60.9 Å². The number of hydrogen-bond acceptors (Lipinski definition) is 6. The quantitative estimate of drug-likeness (QED) is 0.487. The van der Waals surface area contributed by atoms with Gasteiger partial charge in [-0.15, -0.1) is 5.10 Å². The summed E-state index contributed by atoms with van der Waals surface area (Å²) in [7, 11) is 2.14. The fourth-order valence-electron chi connectivity index (χ4n) is 3.88. The number of likely N-dealkylation sites (tertiary alicyclic amines) is 1. The van der Waals surface area contributed by atoms with E-state index in [0.29, 0.717) is 11.7 Å². The van der Waals surface area contributed by atoms with Gasteiger partial charge in [-0.05, 0) is 57.2 Å². The van der Waals surface area contributed by atoms with E-state index in [2.05, 4.69) is 32.5 Å². The normalized spacial score (nSPS) is 15.2. The summed E-state index contributed by atoms with van der Waals surface area (Å²) >= 11 is 0. The highest BCUT2D eigenvalue weighted by molar-refractivity contribution is 5.67. The van der Waals surface area contributed by atoms with Gasteiger partial charge in [-0.25, -0.2) is 23.3 Å². The van der Waals surface area contributed by atoms with Crippen LogP contribution in [0.5, 0.6) is 0 Å². The molecule has 0 radical (unpaired) electrons. The first-order valence-corrected chi connectivity index (χ1v) is 10.5. The Balaban J connectivity index is 1.35. The van der Waals surface area contributed by atoms with Gasteiger partial charge in [0, 0.05) is 23.4 Å². The van der Waals surface area contributed by atoms with Crippen LogP contribution in [0.25, 0.3) is 16.9 Å². The lowest BCUT2D eigenvalue weighted by Crippen LogP contribution is -2.36. The lowest BCUT2D eigenvalue weighted by Gasteiger charge is -2.29. The Morgan fingerprint density at radius 2 is 1.75 bits per heavy atom. The lowest BCUT2D eigenvalue weighted by atomic mass is 10.1. The molecule has 0 bridgehead atoms. The Hall–Kier alpha value is -3.59. The minimum Gasteiger partial charge on any atom is -0.366 e. The molecule has 4 aromatic rings. The predicted octanol–water partition coefficient (Wildman–Crippen LogP) is 4.32. The number of piperidine rings is 1. The molecule has 0 amide bonds. The van der Waals surface area contributed by atoms with Gasteiger partial charge in [0.1, 0.15) is 11.6 Å². The van der Waals surface area contributed by atoms with Crippen LogP contribution in [0.1, 0.15) is 12.8 Å². The van der Waals surface area contributed by atoms with E-state index in [1.165, 1.54) is 0 Å². The number of anilines is 3.